The molecule has 6 nitrogen and oxygen atoms in total. The number of carboxylic acids is 1. The van der Waals surface area contributed by atoms with Crippen LogP contribution in [0.4, 0.5) is 4.79 Å². The Morgan fingerprint density at radius 2 is 2.18 bits per heavy atom. The van der Waals surface area contributed by atoms with Gasteiger partial charge < -0.3 is 20.4 Å². The number of amides is 2. The number of carbonyl (C=O) groups is 2. The van der Waals surface area contributed by atoms with E-state index in [1.54, 1.807) is 18.7 Å². The van der Waals surface area contributed by atoms with Crippen LogP contribution < -0.4 is 5.32 Å². The smallest absolute Gasteiger partial charge is 0.326 e. The molecule has 6 heteroatoms. The lowest BCUT2D eigenvalue weighted by Crippen LogP contribution is -2.47. The third kappa shape index (κ3) is 3.59. The number of urea groups is 1. The van der Waals surface area contributed by atoms with Crippen LogP contribution in [0.1, 0.15) is 26.7 Å². The highest BCUT2D eigenvalue weighted by Gasteiger charge is 2.30. The first-order valence-corrected chi connectivity index (χ1v) is 5.92. The molecular formula is C11H20N2O4. The molecule has 0 aromatic heterocycles. The van der Waals surface area contributed by atoms with Crippen LogP contribution >= 0.6 is 0 Å². The van der Waals surface area contributed by atoms with Crippen LogP contribution in [-0.4, -0.2) is 52.3 Å². The molecule has 2 unspecified atom stereocenters. The molecule has 2 amide bonds. The molecular weight excluding hydrogens is 224 g/mol. The van der Waals surface area contributed by atoms with Gasteiger partial charge in [-0.25, -0.2) is 9.59 Å². The number of likely N-dealkylation sites (tertiary alicyclic amines) is 1. The highest BCUT2D eigenvalue weighted by molar-refractivity contribution is 5.82. The molecule has 1 aliphatic rings. The number of nitrogens with zero attached hydrogens (tertiary/aromatic N) is 1. The van der Waals surface area contributed by atoms with Crippen molar-refractivity contribution >= 4 is 12.0 Å². The minimum Gasteiger partial charge on any atom is -0.480 e. The summed E-state index contributed by atoms with van der Waals surface area (Å²) in [6.45, 7) is 4.47. The molecule has 0 radical (unpaired) electrons. The molecule has 1 rings (SSSR count). The predicted molar refractivity (Wildman–Crippen MR) is 61.6 cm³/mol. The summed E-state index contributed by atoms with van der Waals surface area (Å²) in [7, 11) is 0. The Morgan fingerprint density at radius 1 is 1.53 bits per heavy atom. The Balaban J connectivity index is 2.47. The number of hydrogen-bond acceptors (Lipinski definition) is 3. The van der Waals surface area contributed by atoms with E-state index < -0.39 is 18.1 Å². The number of carbonyl (C=O) groups excluding carboxylic acids is 1. The van der Waals surface area contributed by atoms with Crippen LogP contribution in [0.15, 0.2) is 0 Å². The predicted octanol–water partition coefficient (Wildman–Crippen LogP) is 0.262. The summed E-state index contributed by atoms with van der Waals surface area (Å²) in [6.07, 6.45) is 0.679. The molecule has 3 atom stereocenters. The van der Waals surface area contributed by atoms with Gasteiger partial charge in [-0.2, -0.15) is 0 Å². The maximum atomic E-state index is 11.8. The van der Waals surface area contributed by atoms with Crippen molar-refractivity contribution in [3.05, 3.63) is 0 Å². The van der Waals surface area contributed by atoms with Gasteiger partial charge in [0.25, 0.3) is 0 Å². The molecule has 0 aromatic carbocycles. The first-order valence-electron chi connectivity index (χ1n) is 5.92. The van der Waals surface area contributed by atoms with Gasteiger partial charge in [0.05, 0.1) is 6.10 Å². The van der Waals surface area contributed by atoms with Crippen molar-refractivity contribution in [1.29, 1.82) is 0 Å². The summed E-state index contributed by atoms with van der Waals surface area (Å²) in [4.78, 5) is 24.1. The summed E-state index contributed by atoms with van der Waals surface area (Å²) in [5.74, 6) is -0.933. The van der Waals surface area contributed by atoms with Gasteiger partial charge in [0.15, 0.2) is 0 Å². The average molecular weight is 244 g/mol. The van der Waals surface area contributed by atoms with Crippen molar-refractivity contribution in [2.75, 3.05) is 13.1 Å². The molecule has 1 fully saturated rings. The summed E-state index contributed by atoms with van der Waals surface area (Å²) in [5.41, 5.74) is 0. The summed E-state index contributed by atoms with van der Waals surface area (Å²) in [5, 5.41) is 20.7. The van der Waals surface area contributed by atoms with E-state index in [1.807, 2.05) is 0 Å². The number of aliphatic hydroxyl groups is 1. The van der Waals surface area contributed by atoms with Crippen molar-refractivity contribution in [2.24, 2.45) is 5.92 Å². The molecule has 1 heterocycles. The summed E-state index contributed by atoms with van der Waals surface area (Å²) in [6, 6.07) is -1.20. The SMILES string of the molecule is CC[C@H](NC(=O)N1CCC(C(C)O)C1)C(=O)O. The number of aliphatic hydroxyl groups excluding tert-OH is 1. The maximum Gasteiger partial charge on any atom is 0.326 e. The molecule has 0 spiro atoms. The number of aliphatic carboxylic acids is 1. The van der Waals surface area contributed by atoms with E-state index in [-0.39, 0.29) is 11.9 Å². The fourth-order valence-electron chi connectivity index (χ4n) is 1.94. The Hall–Kier alpha value is -1.30. The molecule has 0 aliphatic carbocycles. The lowest BCUT2D eigenvalue weighted by Gasteiger charge is -2.20. The lowest BCUT2D eigenvalue weighted by molar-refractivity contribution is -0.139. The second-order valence-electron chi connectivity index (χ2n) is 4.48. The third-order valence-corrected chi connectivity index (χ3v) is 3.20. The van der Waals surface area contributed by atoms with Crippen molar-refractivity contribution in [3.8, 4) is 0 Å². The molecule has 0 saturated carbocycles. The van der Waals surface area contributed by atoms with Crippen molar-refractivity contribution in [2.45, 2.75) is 38.8 Å². The first kappa shape index (κ1) is 13.8. The van der Waals surface area contributed by atoms with E-state index in [4.69, 9.17) is 5.11 Å². The van der Waals surface area contributed by atoms with Crippen LogP contribution in [0.2, 0.25) is 0 Å². The quantitative estimate of drug-likeness (QED) is 0.661. The van der Waals surface area contributed by atoms with Gasteiger partial charge in [-0.1, -0.05) is 6.92 Å². The molecule has 1 saturated heterocycles. The van der Waals surface area contributed by atoms with Gasteiger partial charge in [0, 0.05) is 19.0 Å². The first-order chi connectivity index (χ1) is 7.95. The average Bonchev–Trinajstić information content (AvgIpc) is 2.74. The van der Waals surface area contributed by atoms with Gasteiger partial charge >= 0.3 is 12.0 Å². The van der Waals surface area contributed by atoms with Gasteiger partial charge in [-0.3, -0.25) is 0 Å². The summed E-state index contributed by atoms with van der Waals surface area (Å²) >= 11 is 0. The van der Waals surface area contributed by atoms with Gasteiger partial charge in [-0.05, 0) is 19.8 Å². The zero-order valence-corrected chi connectivity index (χ0v) is 10.2. The minimum atomic E-state index is -1.02. The Morgan fingerprint density at radius 3 is 2.59 bits per heavy atom. The van der Waals surface area contributed by atoms with E-state index in [9.17, 15) is 14.7 Å². The van der Waals surface area contributed by atoms with Gasteiger partial charge in [-0.15, -0.1) is 0 Å². The van der Waals surface area contributed by atoms with E-state index in [1.165, 1.54) is 0 Å². The van der Waals surface area contributed by atoms with Crippen molar-refractivity contribution < 1.29 is 19.8 Å². The Labute approximate surface area is 101 Å². The molecule has 0 bridgehead atoms. The fourth-order valence-corrected chi connectivity index (χ4v) is 1.94. The zero-order chi connectivity index (χ0) is 13.0. The number of nitrogens with one attached hydrogen (secondary N) is 1. The zero-order valence-electron chi connectivity index (χ0n) is 10.2. The number of carboxylic acid groups (broad SMARTS) is 1. The van der Waals surface area contributed by atoms with Crippen molar-refractivity contribution in [1.82, 2.24) is 10.2 Å². The third-order valence-electron chi connectivity index (χ3n) is 3.20. The second-order valence-corrected chi connectivity index (χ2v) is 4.48. The van der Waals surface area contributed by atoms with E-state index in [0.29, 0.717) is 19.5 Å². The molecule has 17 heavy (non-hydrogen) atoms. The number of rotatable bonds is 4. The molecule has 1 aliphatic heterocycles. The maximum absolute atomic E-state index is 11.8. The lowest BCUT2D eigenvalue weighted by atomic mass is 10.0. The topological polar surface area (TPSA) is 89.9 Å². The van der Waals surface area contributed by atoms with E-state index in [0.717, 1.165) is 6.42 Å². The van der Waals surface area contributed by atoms with Crippen LogP contribution in [0.5, 0.6) is 0 Å². The Bertz CT molecular complexity index is 293. The highest BCUT2D eigenvalue weighted by atomic mass is 16.4. The van der Waals surface area contributed by atoms with Crippen LogP contribution in [0.25, 0.3) is 0 Å². The normalized spacial score (nSPS) is 23.2. The van der Waals surface area contributed by atoms with Crippen molar-refractivity contribution in [3.63, 3.8) is 0 Å². The van der Waals surface area contributed by atoms with Crippen LogP contribution in [-0.2, 0) is 4.79 Å². The Kier molecular flexibility index (Phi) is 4.74. The van der Waals surface area contributed by atoms with Crippen LogP contribution in [0, 0.1) is 5.92 Å². The standard InChI is InChI=1S/C11H20N2O4/c1-3-9(10(15)16)12-11(17)13-5-4-8(6-13)7(2)14/h7-9,14H,3-6H2,1-2H3,(H,12,17)(H,15,16)/t7?,8?,9-/m0/s1. The minimum absolute atomic E-state index is 0.0886. The molecule has 3 N–H and O–H groups in total. The second kappa shape index (κ2) is 5.86. The number of hydrogen-bond donors (Lipinski definition) is 3. The largest absolute Gasteiger partial charge is 0.480 e. The van der Waals surface area contributed by atoms with Gasteiger partial charge in [0.1, 0.15) is 6.04 Å². The summed E-state index contributed by atoms with van der Waals surface area (Å²) < 4.78 is 0. The molecule has 98 valence electrons. The van der Waals surface area contributed by atoms with Crippen LogP contribution in [0.3, 0.4) is 0 Å². The van der Waals surface area contributed by atoms with E-state index in [2.05, 4.69) is 5.32 Å². The van der Waals surface area contributed by atoms with Gasteiger partial charge in [0.2, 0.25) is 0 Å². The monoisotopic (exact) mass is 244 g/mol. The fraction of sp³-hybridized carbons (Fsp3) is 0.818. The molecule has 0 aromatic rings. The highest BCUT2D eigenvalue weighted by Crippen LogP contribution is 2.19. The van der Waals surface area contributed by atoms with E-state index >= 15 is 0 Å².